The lowest BCUT2D eigenvalue weighted by atomic mass is 9.85. The standard InChI is InChI=1S/C29H31F2N4O5PS/c1-28(2,3)24(27(37)35-13-7-10-23(35)26-33-22(16-42-26)17-8-5-4-6-9-17)34-25(36)21-15-18-14-19(11-12-20(18)32-21)29(30,31)41(38,39)40/h4-6,8-9,11-12,14-16,23-24,32H,7,10,13H2,1-3H3,(H,34,36)(H2,38,39,40). The molecule has 0 spiro atoms. The molecule has 13 heteroatoms. The SMILES string of the molecule is CC(C)(C)C(NC(=O)c1cc2cc(C(F)(F)P(=O)(O)O)ccc2[nH]1)C(=O)N1CCCC1c1nc(-c2ccccc2)cs1. The first-order valence-electron chi connectivity index (χ1n) is 13.4. The van der Waals surface area contributed by atoms with Crippen LogP contribution in [0, 0.1) is 5.41 Å². The summed E-state index contributed by atoms with van der Waals surface area (Å²) >= 11 is 1.50. The number of nitrogens with zero attached hydrogens (tertiary/aromatic N) is 2. The number of rotatable bonds is 7. The molecule has 1 aliphatic heterocycles. The van der Waals surface area contributed by atoms with Crippen molar-refractivity contribution in [3.8, 4) is 11.3 Å². The Hall–Kier alpha value is -3.44. The summed E-state index contributed by atoms with van der Waals surface area (Å²) in [6, 6.07) is 13.0. The van der Waals surface area contributed by atoms with Crippen molar-refractivity contribution in [2.45, 2.75) is 51.4 Å². The number of nitrogens with one attached hydrogen (secondary N) is 2. The fourth-order valence-electron chi connectivity index (χ4n) is 5.10. The first-order chi connectivity index (χ1) is 19.7. The van der Waals surface area contributed by atoms with Crippen molar-refractivity contribution in [1.82, 2.24) is 20.2 Å². The molecule has 2 amide bonds. The molecule has 4 aromatic rings. The molecule has 0 bridgehead atoms. The number of fused-ring (bicyclic) bond motifs is 1. The number of carbonyl (C=O) groups excluding carboxylic acids is 2. The molecule has 3 heterocycles. The fourth-order valence-corrected chi connectivity index (χ4v) is 6.55. The molecule has 222 valence electrons. The number of H-pyrrole nitrogens is 1. The molecule has 2 aromatic carbocycles. The summed E-state index contributed by atoms with van der Waals surface area (Å²) in [6.45, 7) is 6.06. The van der Waals surface area contributed by atoms with E-state index in [4.69, 9.17) is 14.8 Å². The van der Waals surface area contributed by atoms with Gasteiger partial charge in [0.15, 0.2) is 0 Å². The average Bonchev–Trinajstić information content (AvgIpc) is 3.69. The highest BCUT2D eigenvalue weighted by Crippen LogP contribution is 2.59. The molecule has 1 fully saturated rings. The van der Waals surface area contributed by atoms with E-state index in [1.165, 1.54) is 23.5 Å². The molecule has 1 saturated heterocycles. The zero-order valence-corrected chi connectivity index (χ0v) is 24.9. The topological polar surface area (TPSA) is 136 Å². The first-order valence-corrected chi connectivity index (χ1v) is 15.8. The van der Waals surface area contributed by atoms with E-state index in [9.17, 15) is 22.9 Å². The minimum absolute atomic E-state index is 0.0223. The lowest BCUT2D eigenvalue weighted by Crippen LogP contribution is -2.54. The van der Waals surface area contributed by atoms with Crippen molar-refractivity contribution in [1.29, 1.82) is 0 Å². The number of alkyl halides is 2. The van der Waals surface area contributed by atoms with Gasteiger partial charge in [0.05, 0.1) is 11.7 Å². The number of aromatic nitrogens is 2. The van der Waals surface area contributed by atoms with Crippen LogP contribution in [-0.2, 0) is 15.0 Å². The van der Waals surface area contributed by atoms with Crippen molar-refractivity contribution in [3.05, 3.63) is 76.2 Å². The molecule has 2 unspecified atom stereocenters. The number of benzene rings is 2. The third-order valence-corrected chi connectivity index (χ3v) is 9.32. The molecule has 0 saturated carbocycles. The summed E-state index contributed by atoms with van der Waals surface area (Å²) in [5, 5.41) is 5.81. The van der Waals surface area contributed by atoms with Crippen LogP contribution >= 0.6 is 18.9 Å². The van der Waals surface area contributed by atoms with E-state index in [2.05, 4.69) is 10.3 Å². The second-order valence-corrected chi connectivity index (χ2v) is 14.0. The molecule has 42 heavy (non-hydrogen) atoms. The van der Waals surface area contributed by atoms with Gasteiger partial charge in [-0.05, 0) is 36.5 Å². The molecular formula is C29H31F2N4O5PS. The predicted octanol–water partition coefficient (Wildman–Crippen LogP) is 6.03. The molecule has 0 radical (unpaired) electrons. The van der Waals surface area contributed by atoms with Gasteiger partial charge in [-0.3, -0.25) is 14.2 Å². The lowest BCUT2D eigenvalue weighted by Gasteiger charge is -2.35. The third kappa shape index (κ3) is 5.76. The number of hydrogen-bond donors (Lipinski definition) is 4. The van der Waals surface area contributed by atoms with Crippen LogP contribution < -0.4 is 5.32 Å². The van der Waals surface area contributed by atoms with Crippen LogP contribution in [-0.4, -0.2) is 49.1 Å². The van der Waals surface area contributed by atoms with Crippen molar-refractivity contribution >= 4 is 41.6 Å². The second kappa shape index (κ2) is 11.0. The van der Waals surface area contributed by atoms with E-state index in [1.807, 2.05) is 56.5 Å². The largest absolute Gasteiger partial charge is 0.399 e. The lowest BCUT2D eigenvalue weighted by molar-refractivity contribution is -0.136. The van der Waals surface area contributed by atoms with Crippen molar-refractivity contribution < 1.29 is 32.7 Å². The molecule has 5 rings (SSSR count). The van der Waals surface area contributed by atoms with Gasteiger partial charge >= 0.3 is 13.3 Å². The molecule has 4 N–H and O–H groups in total. The predicted molar refractivity (Wildman–Crippen MR) is 156 cm³/mol. The van der Waals surface area contributed by atoms with E-state index in [0.29, 0.717) is 12.1 Å². The highest BCUT2D eigenvalue weighted by atomic mass is 32.1. The van der Waals surface area contributed by atoms with Gasteiger partial charge in [-0.1, -0.05) is 57.2 Å². The van der Waals surface area contributed by atoms with Gasteiger partial charge in [0.1, 0.15) is 16.7 Å². The van der Waals surface area contributed by atoms with Crippen LogP contribution in [0.1, 0.15) is 60.7 Å². The quantitative estimate of drug-likeness (QED) is 0.187. The Morgan fingerprint density at radius 3 is 2.52 bits per heavy atom. The van der Waals surface area contributed by atoms with Gasteiger partial charge in [0, 0.05) is 34.0 Å². The fraction of sp³-hybridized carbons (Fsp3) is 0.345. The van der Waals surface area contributed by atoms with E-state index < -0.39 is 36.2 Å². The Morgan fingerprint density at radius 2 is 1.86 bits per heavy atom. The molecule has 2 atom stereocenters. The Labute approximate surface area is 245 Å². The monoisotopic (exact) mass is 616 g/mol. The van der Waals surface area contributed by atoms with Crippen LogP contribution in [0.25, 0.3) is 22.2 Å². The minimum atomic E-state index is -5.75. The van der Waals surface area contributed by atoms with Gasteiger partial charge < -0.3 is 25.0 Å². The van der Waals surface area contributed by atoms with Crippen LogP contribution in [0.15, 0.2) is 60.0 Å². The second-order valence-electron chi connectivity index (χ2n) is 11.5. The maximum absolute atomic E-state index is 14.2. The van der Waals surface area contributed by atoms with Crippen LogP contribution in [0.2, 0.25) is 0 Å². The molecule has 9 nitrogen and oxygen atoms in total. The van der Waals surface area contributed by atoms with E-state index in [0.717, 1.165) is 41.2 Å². The van der Waals surface area contributed by atoms with Crippen molar-refractivity contribution in [3.63, 3.8) is 0 Å². The van der Waals surface area contributed by atoms with Gasteiger partial charge in [0.2, 0.25) is 5.91 Å². The molecular weight excluding hydrogens is 585 g/mol. The number of hydrogen-bond acceptors (Lipinski definition) is 5. The highest BCUT2D eigenvalue weighted by molar-refractivity contribution is 7.52. The van der Waals surface area contributed by atoms with Crippen LogP contribution in [0.5, 0.6) is 0 Å². The van der Waals surface area contributed by atoms with Gasteiger partial charge in [0.25, 0.3) is 5.91 Å². The number of halogens is 2. The average molecular weight is 617 g/mol. The first kappa shape index (κ1) is 30.0. The number of aromatic amines is 1. The summed E-state index contributed by atoms with van der Waals surface area (Å²) in [4.78, 5) is 54.9. The maximum atomic E-state index is 14.2. The highest BCUT2D eigenvalue weighted by Gasteiger charge is 2.50. The van der Waals surface area contributed by atoms with E-state index in [-0.39, 0.29) is 23.0 Å². The Kier molecular flexibility index (Phi) is 7.86. The Morgan fingerprint density at radius 1 is 1.14 bits per heavy atom. The maximum Gasteiger partial charge on any atom is 0.399 e. The van der Waals surface area contributed by atoms with Crippen LogP contribution in [0.3, 0.4) is 0 Å². The van der Waals surface area contributed by atoms with Gasteiger partial charge in [-0.15, -0.1) is 11.3 Å². The smallest absolute Gasteiger partial charge is 0.351 e. The summed E-state index contributed by atoms with van der Waals surface area (Å²) in [6.07, 6.45) is 1.55. The Balaban J connectivity index is 1.37. The van der Waals surface area contributed by atoms with Crippen molar-refractivity contribution in [2.75, 3.05) is 6.54 Å². The Bertz CT molecular complexity index is 1680. The normalized spacial score (nSPS) is 17.0. The molecule has 0 aliphatic carbocycles. The van der Waals surface area contributed by atoms with E-state index in [1.54, 1.807) is 4.90 Å². The van der Waals surface area contributed by atoms with E-state index >= 15 is 0 Å². The summed E-state index contributed by atoms with van der Waals surface area (Å²) < 4.78 is 39.8. The van der Waals surface area contributed by atoms with Gasteiger partial charge in [-0.2, -0.15) is 8.78 Å². The number of carbonyl (C=O) groups is 2. The van der Waals surface area contributed by atoms with Crippen molar-refractivity contribution in [2.24, 2.45) is 5.41 Å². The summed E-state index contributed by atoms with van der Waals surface area (Å²) in [7, 11) is -5.75. The number of thiazole rings is 1. The summed E-state index contributed by atoms with van der Waals surface area (Å²) in [5.74, 6) is -0.853. The summed E-state index contributed by atoms with van der Waals surface area (Å²) in [5.41, 5.74) is -3.73. The number of amides is 2. The third-order valence-electron chi connectivity index (χ3n) is 7.38. The van der Waals surface area contributed by atoms with Gasteiger partial charge in [-0.25, -0.2) is 4.98 Å². The zero-order chi connectivity index (χ0) is 30.4. The number of likely N-dealkylation sites (tertiary alicyclic amines) is 1. The molecule has 2 aromatic heterocycles. The molecule has 1 aliphatic rings. The minimum Gasteiger partial charge on any atom is -0.351 e. The van der Waals surface area contributed by atoms with Crippen LogP contribution in [0.4, 0.5) is 8.78 Å². The zero-order valence-electron chi connectivity index (χ0n) is 23.2.